The topological polar surface area (TPSA) is 90.9 Å². The molecule has 2 saturated heterocycles. The van der Waals surface area contributed by atoms with Crippen molar-refractivity contribution < 1.29 is 9.50 Å². The highest BCUT2D eigenvalue weighted by molar-refractivity contribution is 5.82. The lowest BCUT2D eigenvalue weighted by molar-refractivity contribution is -0.0754. The predicted molar refractivity (Wildman–Crippen MR) is 119 cm³/mol. The van der Waals surface area contributed by atoms with E-state index in [-0.39, 0.29) is 16.6 Å². The minimum atomic E-state index is -0.731. The Hall–Kier alpha value is -3.05. The van der Waals surface area contributed by atoms with Crippen LogP contribution < -0.4 is 4.90 Å². The molecule has 1 atom stereocenters. The van der Waals surface area contributed by atoms with Gasteiger partial charge in [0.1, 0.15) is 18.0 Å². The molecule has 33 heavy (non-hydrogen) atoms. The zero-order valence-corrected chi connectivity index (χ0v) is 18.7. The van der Waals surface area contributed by atoms with Crippen LogP contribution in [0.25, 0.3) is 16.7 Å². The summed E-state index contributed by atoms with van der Waals surface area (Å²) in [5.41, 5.74) is -0.325. The predicted octanol–water partition coefficient (Wildman–Crippen LogP) is 3.64. The molecule has 3 aliphatic carbocycles. The third kappa shape index (κ3) is 2.33. The number of nitriles is 1. The van der Waals surface area contributed by atoms with Gasteiger partial charge in [0.2, 0.25) is 0 Å². The molecule has 2 aromatic heterocycles. The summed E-state index contributed by atoms with van der Waals surface area (Å²) >= 11 is 0. The summed E-state index contributed by atoms with van der Waals surface area (Å²) in [7, 11) is 0. The Labute approximate surface area is 190 Å². The molecule has 5 aliphatic rings. The highest BCUT2D eigenvalue weighted by Gasteiger charge is 2.76. The average Bonchev–Trinajstić information content (AvgIpc) is 3.45. The van der Waals surface area contributed by atoms with Crippen LogP contribution >= 0.6 is 0 Å². The van der Waals surface area contributed by atoms with E-state index in [1.165, 1.54) is 12.4 Å². The Morgan fingerprint density at radius 2 is 1.94 bits per heavy atom. The van der Waals surface area contributed by atoms with Gasteiger partial charge in [0, 0.05) is 35.0 Å². The van der Waals surface area contributed by atoms with Gasteiger partial charge in [-0.3, -0.25) is 0 Å². The number of rotatable bonds is 4. The van der Waals surface area contributed by atoms with Gasteiger partial charge in [-0.15, -0.1) is 0 Å². The number of hydrogen-bond donors (Lipinski definition) is 1. The van der Waals surface area contributed by atoms with Crippen LogP contribution in [-0.2, 0) is 5.41 Å². The molecule has 0 amide bonds. The first-order valence-corrected chi connectivity index (χ1v) is 11.6. The first kappa shape index (κ1) is 19.4. The second kappa shape index (κ2) is 5.71. The van der Waals surface area contributed by atoms with Crippen LogP contribution in [0.15, 0.2) is 30.7 Å². The number of fused-ring (bicyclic) bond motifs is 2. The van der Waals surface area contributed by atoms with E-state index in [9.17, 15) is 10.4 Å². The molecular formula is C25H25FN6O. The van der Waals surface area contributed by atoms with Crippen LogP contribution in [0.4, 0.5) is 10.2 Å². The van der Waals surface area contributed by atoms with Crippen molar-refractivity contribution in [3.63, 3.8) is 0 Å². The molecule has 0 radical (unpaired) electrons. The van der Waals surface area contributed by atoms with E-state index in [4.69, 9.17) is 0 Å². The minimum absolute atomic E-state index is 0.0177. The maximum absolute atomic E-state index is 15.0. The van der Waals surface area contributed by atoms with E-state index in [1.54, 1.807) is 16.9 Å². The molecule has 2 aliphatic heterocycles. The standard InChI is InChI=1S/C25H25FN6O/c1-22(2,33)24-8-16(9-24)31(13-24)20-7-21(29-14-28-20)32-19-6-17(18(26)5-15(19)10-30-32)25(12-27)11-23(25)3-4-23/h5-7,10,14,16,33H,3-4,8-9,11,13H2,1-2H3. The van der Waals surface area contributed by atoms with Crippen molar-refractivity contribution >= 4 is 16.7 Å². The zero-order valence-electron chi connectivity index (χ0n) is 18.7. The van der Waals surface area contributed by atoms with Crippen LogP contribution in [0.5, 0.6) is 0 Å². The number of aromatic nitrogens is 4. The minimum Gasteiger partial charge on any atom is -0.390 e. The lowest BCUT2D eigenvalue weighted by Gasteiger charge is -2.45. The number of hydrogen-bond acceptors (Lipinski definition) is 6. The summed E-state index contributed by atoms with van der Waals surface area (Å²) < 4.78 is 16.7. The van der Waals surface area contributed by atoms with Gasteiger partial charge < -0.3 is 10.0 Å². The molecular weight excluding hydrogens is 419 g/mol. The highest BCUT2D eigenvalue weighted by atomic mass is 19.1. The summed E-state index contributed by atoms with van der Waals surface area (Å²) in [6.07, 6.45) is 7.82. The first-order chi connectivity index (χ1) is 15.7. The molecule has 1 spiro atoms. The molecule has 8 rings (SSSR count). The fourth-order valence-corrected chi connectivity index (χ4v) is 6.59. The molecule has 1 unspecified atom stereocenters. The number of nitrogens with zero attached hydrogens (tertiary/aromatic N) is 6. The Bertz CT molecular complexity index is 1370. The maximum Gasteiger partial charge on any atom is 0.159 e. The molecule has 7 nitrogen and oxygen atoms in total. The average molecular weight is 445 g/mol. The van der Waals surface area contributed by atoms with Gasteiger partial charge in [0.25, 0.3) is 0 Å². The number of halogens is 1. The number of aliphatic hydroxyl groups is 1. The van der Waals surface area contributed by atoms with Gasteiger partial charge in [0.05, 0.1) is 28.8 Å². The van der Waals surface area contributed by atoms with Gasteiger partial charge in [-0.1, -0.05) is 0 Å². The van der Waals surface area contributed by atoms with Crippen molar-refractivity contribution in [1.29, 1.82) is 5.26 Å². The summed E-state index contributed by atoms with van der Waals surface area (Å²) in [4.78, 5) is 11.2. The number of anilines is 1. The van der Waals surface area contributed by atoms with Gasteiger partial charge in [-0.2, -0.15) is 10.4 Å². The Morgan fingerprint density at radius 1 is 1.18 bits per heavy atom. The van der Waals surface area contributed by atoms with E-state index in [1.807, 2.05) is 19.9 Å². The Kier molecular flexibility index (Phi) is 3.36. The lowest BCUT2D eigenvalue weighted by Crippen LogP contribution is -2.50. The molecule has 5 fully saturated rings. The second-order valence-corrected chi connectivity index (χ2v) is 11.2. The van der Waals surface area contributed by atoms with Crippen molar-refractivity contribution in [1.82, 2.24) is 19.7 Å². The lowest BCUT2D eigenvalue weighted by atomic mass is 9.61. The van der Waals surface area contributed by atoms with Crippen molar-refractivity contribution in [2.75, 3.05) is 11.4 Å². The van der Waals surface area contributed by atoms with Crippen molar-refractivity contribution in [2.24, 2.45) is 10.8 Å². The highest BCUT2D eigenvalue weighted by Crippen LogP contribution is 2.78. The van der Waals surface area contributed by atoms with E-state index < -0.39 is 11.0 Å². The van der Waals surface area contributed by atoms with Crippen LogP contribution in [0, 0.1) is 28.0 Å². The molecule has 1 aromatic carbocycles. The molecule has 3 saturated carbocycles. The zero-order chi connectivity index (χ0) is 22.8. The van der Waals surface area contributed by atoms with Crippen molar-refractivity contribution in [2.45, 2.75) is 63.0 Å². The fraction of sp³-hybridized carbons (Fsp3) is 0.520. The van der Waals surface area contributed by atoms with E-state index in [0.29, 0.717) is 22.8 Å². The SMILES string of the molecule is CC(C)(O)C12CC(C1)N(c1cc(-n3ncc4cc(F)c(C5(C#N)CC56CC6)cc43)ncn1)C2. The van der Waals surface area contributed by atoms with Gasteiger partial charge in [-0.25, -0.2) is 19.0 Å². The molecule has 2 bridgehead atoms. The molecule has 168 valence electrons. The molecule has 1 N–H and O–H groups in total. The monoisotopic (exact) mass is 444 g/mol. The molecule has 3 aromatic rings. The smallest absolute Gasteiger partial charge is 0.159 e. The van der Waals surface area contributed by atoms with Crippen LogP contribution in [0.1, 0.15) is 51.5 Å². The Balaban J connectivity index is 1.28. The van der Waals surface area contributed by atoms with Crippen LogP contribution in [0.2, 0.25) is 0 Å². The summed E-state index contributed by atoms with van der Waals surface area (Å²) in [6, 6.07) is 8.00. The van der Waals surface area contributed by atoms with Gasteiger partial charge >= 0.3 is 0 Å². The van der Waals surface area contributed by atoms with Gasteiger partial charge in [0.15, 0.2) is 5.82 Å². The van der Waals surface area contributed by atoms with E-state index >= 15 is 4.39 Å². The normalized spacial score (nSPS) is 31.0. The summed E-state index contributed by atoms with van der Waals surface area (Å²) in [5, 5.41) is 25.7. The third-order valence-corrected chi connectivity index (χ3v) is 9.16. The van der Waals surface area contributed by atoms with Crippen LogP contribution in [-0.4, -0.2) is 43.0 Å². The van der Waals surface area contributed by atoms with E-state index in [0.717, 1.165) is 50.0 Å². The van der Waals surface area contributed by atoms with Crippen molar-refractivity contribution in [3.8, 4) is 11.9 Å². The first-order valence-electron chi connectivity index (χ1n) is 11.6. The van der Waals surface area contributed by atoms with Gasteiger partial charge in [-0.05, 0) is 63.5 Å². The summed E-state index contributed by atoms with van der Waals surface area (Å²) in [6.45, 7) is 4.55. The molecule has 4 heterocycles. The largest absolute Gasteiger partial charge is 0.390 e. The fourth-order valence-electron chi connectivity index (χ4n) is 6.59. The maximum atomic E-state index is 15.0. The second-order valence-electron chi connectivity index (χ2n) is 11.2. The van der Waals surface area contributed by atoms with Crippen LogP contribution in [0.3, 0.4) is 0 Å². The Morgan fingerprint density at radius 3 is 2.58 bits per heavy atom. The number of benzene rings is 1. The summed E-state index contributed by atoms with van der Waals surface area (Å²) in [5.74, 6) is 1.09. The quantitative estimate of drug-likeness (QED) is 0.661. The van der Waals surface area contributed by atoms with E-state index in [2.05, 4.69) is 26.0 Å². The third-order valence-electron chi connectivity index (χ3n) is 9.16. The molecule has 8 heteroatoms. The van der Waals surface area contributed by atoms with Crippen molar-refractivity contribution in [3.05, 3.63) is 42.1 Å².